The predicted octanol–water partition coefficient (Wildman–Crippen LogP) is 5.01. The molecule has 32 heavy (non-hydrogen) atoms. The van der Waals surface area contributed by atoms with Gasteiger partial charge in [0, 0.05) is 41.1 Å². The highest BCUT2D eigenvalue weighted by Crippen LogP contribution is 2.39. The Bertz CT molecular complexity index is 1260. The Balaban J connectivity index is 1.59. The minimum Gasteiger partial charge on any atom is -0.507 e. The van der Waals surface area contributed by atoms with Crippen LogP contribution in [0.4, 0.5) is 5.69 Å². The minimum atomic E-state index is -0.451. The molecule has 0 fully saturated rings. The van der Waals surface area contributed by atoms with E-state index in [-0.39, 0.29) is 18.0 Å². The maximum atomic E-state index is 10.8. The number of ether oxygens (including phenoxy) is 2. The molecule has 4 rings (SSSR count). The molecule has 0 saturated heterocycles. The lowest BCUT2D eigenvalue weighted by Crippen LogP contribution is -1.97. The Hall–Kier alpha value is -4.46. The summed E-state index contributed by atoms with van der Waals surface area (Å²) >= 11 is 0. The van der Waals surface area contributed by atoms with Crippen molar-refractivity contribution in [1.29, 1.82) is 0 Å². The molecule has 0 saturated carbocycles. The summed E-state index contributed by atoms with van der Waals surface area (Å²) in [4.78, 5) is 18.8. The van der Waals surface area contributed by atoms with Crippen LogP contribution < -0.4 is 9.47 Å². The third-order valence-electron chi connectivity index (χ3n) is 4.89. The normalized spacial score (nSPS) is 10.5. The molecule has 0 aliphatic carbocycles. The fourth-order valence-corrected chi connectivity index (χ4v) is 3.29. The largest absolute Gasteiger partial charge is 0.507 e. The molecule has 0 aliphatic heterocycles. The topological polar surface area (TPSA) is 108 Å². The fraction of sp³-hybridized carbons (Fsp3) is 0.0833. The molecule has 160 valence electrons. The van der Waals surface area contributed by atoms with E-state index >= 15 is 0 Å². The Kier molecular flexibility index (Phi) is 5.94. The Morgan fingerprint density at radius 1 is 1.00 bits per heavy atom. The van der Waals surface area contributed by atoms with Gasteiger partial charge in [0.15, 0.2) is 0 Å². The van der Waals surface area contributed by atoms with Crippen LogP contribution in [-0.4, -0.2) is 27.1 Å². The number of para-hydroxylation sites is 1. The molecular weight excluding hydrogens is 410 g/mol. The highest BCUT2D eigenvalue weighted by Gasteiger charge is 2.16. The Morgan fingerprint density at radius 3 is 2.50 bits per heavy atom. The molecule has 8 heteroatoms. The first-order chi connectivity index (χ1) is 15.6. The van der Waals surface area contributed by atoms with Gasteiger partial charge in [-0.15, -0.1) is 0 Å². The predicted molar refractivity (Wildman–Crippen MR) is 119 cm³/mol. The van der Waals surface area contributed by atoms with Gasteiger partial charge >= 0.3 is 0 Å². The third kappa shape index (κ3) is 4.34. The highest BCUT2D eigenvalue weighted by molar-refractivity contribution is 5.85. The molecule has 0 spiro atoms. The zero-order chi connectivity index (χ0) is 22.5. The van der Waals surface area contributed by atoms with E-state index in [4.69, 9.17) is 9.47 Å². The van der Waals surface area contributed by atoms with Crippen LogP contribution in [0, 0.1) is 10.1 Å². The molecule has 0 unspecified atom stereocenters. The fourth-order valence-electron chi connectivity index (χ4n) is 3.29. The zero-order valence-corrected chi connectivity index (χ0v) is 17.1. The average molecular weight is 429 g/mol. The van der Waals surface area contributed by atoms with Crippen LogP contribution in [0.2, 0.25) is 0 Å². The van der Waals surface area contributed by atoms with Crippen molar-refractivity contribution in [3.8, 4) is 39.6 Å². The van der Waals surface area contributed by atoms with Crippen molar-refractivity contribution in [2.45, 2.75) is 6.61 Å². The smallest absolute Gasteiger partial charge is 0.269 e. The number of nitro groups is 1. The molecule has 0 aliphatic rings. The number of benzene rings is 3. The summed E-state index contributed by atoms with van der Waals surface area (Å²) in [7, 11) is 1.59. The molecule has 0 amide bonds. The maximum absolute atomic E-state index is 10.8. The standard InChI is InChI=1S/C24H19N3O5/c1-31-23-5-3-2-4-19(23)21-13-25-15-26-24(21)20-11-10-18(12-22(20)28)32-14-16-6-8-17(9-7-16)27(29)30/h2-13,15,28H,14H2,1H3. The summed E-state index contributed by atoms with van der Waals surface area (Å²) in [6.45, 7) is 0.205. The molecule has 1 aromatic heterocycles. The van der Waals surface area contributed by atoms with Crippen LogP contribution in [0.25, 0.3) is 22.4 Å². The second kappa shape index (κ2) is 9.13. The lowest BCUT2D eigenvalue weighted by molar-refractivity contribution is -0.384. The lowest BCUT2D eigenvalue weighted by Gasteiger charge is -2.13. The first-order valence-electron chi connectivity index (χ1n) is 9.69. The van der Waals surface area contributed by atoms with Crippen molar-refractivity contribution in [3.63, 3.8) is 0 Å². The highest BCUT2D eigenvalue weighted by atomic mass is 16.6. The van der Waals surface area contributed by atoms with E-state index in [1.165, 1.54) is 24.5 Å². The number of phenols is 1. The molecule has 0 atom stereocenters. The molecule has 0 radical (unpaired) electrons. The van der Waals surface area contributed by atoms with Gasteiger partial charge in [0.2, 0.25) is 0 Å². The first kappa shape index (κ1) is 20.8. The second-order valence-corrected chi connectivity index (χ2v) is 6.88. The number of aromatic hydroxyl groups is 1. The van der Waals surface area contributed by atoms with E-state index in [0.717, 1.165) is 16.7 Å². The van der Waals surface area contributed by atoms with Crippen LogP contribution in [0.1, 0.15) is 5.56 Å². The van der Waals surface area contributed by atoms with Crippen LogP contribution in [0.5, 0.6) is 17.2 Å². The molecule has 8 nitrogen and oxygen atoms in total. The number of aromatic nitrogens is 2. The number of phenolic OH excluding ortho intramolecular Hbond substituents is 1. The summed E-state index contributed by atoms with van der Waals surface area (Å²) in [6, 6.07) is 18.6. The van der Waals surface area contributed by atoms with Gasteiger partial charge < -0.3 is 14.6 Å². The monoisotopic (exact) mass is 429 g/mol. The van der Waals surface area contributed by atoms with Crippen molar-refractivity contribution in [3.05, 3.63) is 94.9 Å². The van der Waals surface area contributed by atoms with Crippen LogP contribution in [-0.2, 0) is 6.61 Å². The summed E-state index contributed by atoms with van der Waals surface area (Å²) in [5.74, 6) is 1.13. The van der Waals surface area contributed by atoms with Crippen LogP contribution >= 0.6 is 0 Å². The van der Waals surface area contributed by atoms with Gasteiger partial charge in [-0.3, -0.25) is 10.1 Å². The molecule has 1 heterocycles. The Morgan fingerprint density at radius 2 is 1.78 bits per heavy atom. The SMILES string of the molecule is COc1ccccc1-c1cncnc1-c1ccc(OCc2ccc([N+](=O)[O-])cc2)cc1O. The zero-order valence-electron chi connectivity index (χ0n) is 17.1. The van der Waals surface area contributed by atoms with Gasteiger partial charge in [-0.1, -0.05) is 18.2 Å². The van der Waals surface area contributed by atoms with Crippen molar-refractivity contribution in [2.75, 3.05) is 7.11 Å². The summed E-state index contributed by atoms with van der Waals surface area (Å²) < 4.78 is 11.2. The Labute approximate surface area is 183 Å². The number of hydrogen-bond acceptors (Lipinski definition) is 7. The summed E-state index contributed by atoms with van der Waals surface area (Å²) in [6.07, 6.45) is 3.10. The number of nitro benzene ring substituents is 1. The van der Waals surface area contributed by atoms with Crippen molar-refractivity contribution < 1.29 is 19.5 Å². The van der Waals surface area contributed by atoms with Gasteiger partial charge in [0.25, 0.3) is 5.69 Å². The summed E-state index contributed by atoms with van der Waals surface area (Å²) in [5.41, 5.74) is 3.41. The van der Waals surface area contributed by atoms with E-state index in [0.29, 0.717) is 22.8 Å². The first-order valence-corrected chi connectivity index (χ1v) is 9.69. The number of rotatable bonds is 7. The molecule has 0 bridgehead atoms. The third-order valence-corrected chi connectivity index (χ3v) is 4.89. The van der Waals surface area contributed by atoms with Crippen LogP contribution in [0.15, 0.2) is 79.3 Å². The van der Waals surface area contributed by atoms with Crippen molar-refractivity contribution >= 4 is 5.69 Å². The van der Waals surface area contributed by atoms with Crippen molar-refractivity contribution in [1.82, 2.24) is 9.97 Å². The number of hydrogen-bond donors (Lipinski definition) is 1. The van der Waals surface area contributed by atoms with Gasteiger partial charge in [0.05, 0.1) is 17.7 Å². The minimum absolute atomic E-state index is 0.000970. The second-order valence-electron chi connectivity index (χ2n) is 6.88. The number of non-ortho nitro benzene ring substituents is 1. The maximum Gasteiger partial charge on any atom is 0.269 e. The van der Waals surface area contributed by atoms with E-state index in [1.54, 1.807) is 37.6 Å². The van der Waals surface area contributed by atoms with E-state index in [1.807, 2.05) is 24.3 Å². The van der Waals surface area contributed by atoms with E-state index in [2.05, 4.69) is 9.97 Å². The van der Waals surface area contributed by atoms with E-state index < -0.39 is 4.92 Å². The average Bonchev–Trinajstić information content (AvgIpc) is 2.83. The molecule has 4 aromatic rings. The van der Waals surface area contributed by atoms with Gasteiger partial charge in [-0.25, -0.2) is 9.97 Å². The quantitative estimate of drug-likeness (QED) is 0.325. The molecule has 1 N–H and O–H groups in total. The number of methoxy groups -OCH3 is 1. The van der Waals surface area contributed by atoms with Gasteiger partial charge in [-0.05, 0) is 35.9 Å². The molecule has 3 aromatic carbocycles. The number of nitrogens with zero attached hydrogens (tertiary/aromatic N) is 3. The van der Waals surface area contributed by atoms with Crippen LogP contribution in [0.3, 0.4) is 0 Å². The van der Waals surface area contributed by atoms with Gasteiger partial charge in [0.1, 0.15) is 30.2 Å². The van der Waals surface area contributed by atoms with Gasteiger partial charge in [-0.2, -0.15) is 0 Å². The molecular formula is C24H19N3O5. The lowest BCUT2D eigenvalue weighted by atomic mass is 9.99. The van der Waals surface area contributed by atoms with Crippen molar-refractivity contribution in [2.24, 2.45) is 0 Å². The van der Waals surface area contributed by atoms with E-state index in [9.17, 15) is 15.2 Å². The summed E-state index contributed by atoms with van der Waals surface area (Å²) in [5, 5.41) is 21.4.